The van der Waals surface area contributed by atoms with Crippen LogP contribution in [0.3, 0.4) is 0 Å². The van der Waals surface area contributed by atoms with E-state index < -0.39 is 5.97 Å². The topological polar surface area (TPSA) is 103 Å². The average Bonchev–Trinajstić information content (AvgIpc) is 3.00. The summed E-state index contributed by atoms with van der Waals surface area (Å²) in [5.41, 5.74) is 0.777. The molecule has 0 amide bonds. The van der Waals surface area contributed by atoms with Crippen molar-refractivity contribution in [2.75, 3.05) is 0 Å². The Kier molecular flexibility index (Phi) is 6.29. The van der Waals surface area contributed by atoms with E-state index >= 15 is 0 Å². The predicted molar refractivity (Wildman–Crippen MR) is 108 cm³/mol. The summed E-state index contributed by atoms with van der Waals surface area (Å²) in [7, 11) is 0. The number of aryl methyl sites for hydroxylation is 2. The van der Waals surface area contributed by atoms with Crippen LogP contribution in [0.4, 0.5) is 0 Å². The van der Waals surface area contributed by atoms with Crippen LogP contribution >= 0.6 is 11.6 Å². The summed E-state index contributed by atoms with van der Waals surface area (Å²) < 4.78 is 8.16. The van der Waals surface area contributed by atoms with E-state index in [1.54, 1.807) is 35.9 Å². The summed E-state index contributed by atoms with van der Waals surface area (Å²) in [4.78, 5) is 29.7. The van der Waals surface area contributed by atoms with E-state index in [0.717, 1.165) is 12.8 Å². The lowest BCUT2D eigenvalue weighted by Gasteiger charge is -2.11. The van der Waals surface area contributed by atoms with E-state index in [0.29, 0.717) is 23.1 Å². The standard InChI is InChI=1S/C20H20ClN5O3/c1-3-4-10-26-18(21)17(13(2)24-26)20(28)29-12-16-23-15-8-6-5-7-14(15)19(27)25(16)11-9-22/h5-8H,3-4,10-12H2,1-2H3. The summed E-state index contributed by atoms with van der Waals surface area (Å²) in [6, 6.07) is 8.75. The number of nitrogens with zero attached hydrogens (tertiary/aromatic N) is 5. The van der Waals surface area contributed by atoms with Crippen LogP contribution in [0.15, 0.2) is 29.1 Å². The molecule has 9 heteroatoms. The number of hydrogen-bond acceptors (Lipinski definition) is 6. The zero-order chi connectivity index (χ0) is 21.0. The number of fused-ring (bicyclic) bond motifs is 1. The Balaban J connectivity index is 1.88. The second-order valence-corrected chi connectivity index (χ2v) is 6.86. The Morgan fingerprint density at radius 2 is 2.10 bits per heavy atom. The number of hydrogen-bond donors (Lipinski definition) is 0. The lowest BCUT2D eigenvalue weighted by molar-refractivity contribution is 0.0456. The van der Waals surface area contributed by atoms with E-state index in [1.165, 1.54) is 4.57 Å². The molecular formula is C20H20ClN5O3. The number of carbonyl (C=O) groups is 1. The molecule has 29 heavy (non-hydrogen) atoms. The maximum Gasteiger partial charge on any atom is 0.343 e. The molecule has 0 unspecified atom stereocenters. The summed E-state index contributed by atoms with van der Waals surface area (Å²) in [5, 5.41) is 14.0. The van der Waals surface area contributed by atoms with Crippen molar-refractivity contribution in [2.45, 2.75) is 46.4 Å². The third-order valence-electron chi connectivity index (χ3n) is 4.49. The van der Waals surface area contributed by atoms with E-state index in [1.807, 2.05) is 6.07 Å². The largest absolute Gasteiger partial charge is 0.454 e. The third-order valence-corrected chi connectivity index (χ3v) is 4.88. The fourth-order valence-electron chi connectivity index (χ4n) is 3.00. The maximum atomic E-state index is 12.7. The monoisotopic (exact) mass is 413 g/mol. The van der Waals surface area contributed by atoms with Gasteiger partial charge in [-0.3, -0.25) is 14.0 Å². The first-order valence-electron chi connectivity index (χ1n) is 9.23. The van der Waals surface area contributed by atoms with Crippen LogP contribution in [0.25, 0.3) is 10.9 Å². The molecule has 0 bridgehead atoms. The molecular weight excluding hydrogens is 394 g/mol. The number of para-hydroxylation sites is 1. The number of nitriles is 1. The molecule has 3 aromatic rings. The third kappa shape index (κ3) is 4.15. The number of rotatable bonds is 7. The van der Waals surface area contributed by atoms with Gasteiger partial charge in [-0.15, -0.1) is 0 Å². The first-order chi connectivity index (χ1) is 14.0. The van der Waals surface area contributed by atoms with E-state index in [4.69, 9.17) is 21.6 Å². The smallest absolute Gasteiger partial charge is 0.343 e. The number of aromatic nitrogens is 4. The Labute approximate surface area is 172 Å². The molecule has 0 aliphatic carbocycles. The second kappa shape index (κ2) is 8.88. The van der Waals surface area contributed by atoms with Crippen molar-refractivity contribution < 1.29 is 9.53 Å². The molecule has 0 saturated heterocycles. The number of unbranched alkanes of at least 4 members (excludes halogenated alkanes) is 1. The molecule has 0 radical (unpaired) electrons. The van der Waals surface area contributed by atoms with Crippen LogP contribution < -0.4 is 5.56 Å². The second-order valence-electron chi connectivity index (χ2n) is 6.50. The first-order valence-corrected chi connectivity index (χ1v) is 9.61. The van der Waals surface area contributed by atoms with Crippen molar-refractivity contribution in [1.29, 1.82) is 5.26 Å². The van der Waals surface area contributed by atoms with Crippen LogP contribution in [-0.4, -0.2) is 25.3 Å². The van der Waals surface area contributed by atoms with Crippen LogP contribution in [0.5, 0.6) is 0 Å². The van der Waals surface area contributed by atoms with Crippen molar-refractivity contribution in [3.05, 3.63) is 56.9 Å². The molecule has 8 nitrogen and oxygen atoms in total. The first kappa shape index (κ1) is 20.6. The fraction of sp³-hybridized carbons (Fsp3) is 0.350. The van der Waals surface area contributed by atoms with Gasteiger partial charge in [-0.25, -0.2) is 9.78 Å². The van der Waals surface area contributed by atoms with Gasteiger partial charge in [0.1, 0.15) is 23.9 Å². The minimum atomic E-state index is -0.652. The molecule has 0 aliphatic heterocycles. The number of ether oxygens (including phenoxy) is 1. The predicted octanol–water partition coefficient (Wildman–Crippen LogP) is 3.24. The Morgan fingerprint density at radius 1 is 1.34 bits per heavy atom. The zero-order valence-corrected chi connectivity index (χ0v) is 16.9. The fourth-order valence-corrected chi connectivity index (χ4v) is 3.34. The average molecular weight is 414 g/mol. The van der Waals surface area contributed by atoms with Gasteiger partial charge in [0.25, 0.3) is 5.56 Å². The summed E-state index contributed by atoms with van der Waals surface area (Å²) >= 11 is 6.31. The lowest BCUT2D eigenvalue weighted by atomic mass is 10.2. The van der Waals surface area contributed by atoms with Crippen LogP contribution in [0, 0.1) is 18.3 Å². The van der Waals surface area contributed by atoms with Gasteiger partial charge in [0, 0.05) is 6.54 Å². The highest BCUT2D eigenvalue weighted by molar-refractivity contribution is 6.32. The van der Waals surface area contributed by atoms with Gasteiger partial charge in [-0.05, 0) is 25.5 Å². The highest BCUT2D eigenvalue weighted by Gasteiger charge is 2.22. The van der Waals surface area contributed by atoms with Gasteiger partial charge in [-0.2, -0.15) is 10.4 Å². The Hall–Kier alpha value is -3.18. The van der Waals surface area contributed by atoms with Crippen molar-refractivity contribution in [3.63, 3.8) is 0 Å². The number of carbonyl (C=O) groups excluding carboxylic acids is 1. The van der Waals surface area contributed by atoms with Crippen molar-refractivity contribution >= 4 is 28.5 Å². The molecule has 0 atom stereocenters. The molecule has 0 fully saturated rings. The molecule has 0 spiro atoms. The van der Waals surface area contributed by atoms with E-state index in [-0.39, 0.29) is 35.3 Å². The summed E-state index contributed by atoms with van der Waals surface area (Å²) in [6.07, 6.45) is 1.86. The van der Waals surface area contributed by atoms with Crippen molar-refractivity contribution in [1.82, 2.24) is 19.3 Å². The Morgan fingerprint density at radius 3 is 2.83 bits per heavy atom. The minimum absolute atomic E-state index is 0.191. The normalized spacial score (nSPS) is 10.8. The molecule has 2 heterocycles. The van der Waals surface area contributed by atoms with Crippen LogP contribution in [0.1, 0.15) is 41.6 Å². The molecule has 2 aromatic heterocycles. The SMILES string of the molecule is CCCCn1nc(C)c(C(=O)OCc2nc3ccccc3c(=O)n2CC#N)c1Cl. The molecule has 150 valence electrons. The van der Waals surface area contributed by atoms with Crippen LogP contribution in [0.2, 0.25) is 5.15 Å². The molecule has 0 aliphatic rings. The van der Waals surface area contributed by atoms with Gasteiger partial charge >= 0.3 is 5.97 Å². The van der Waals surface area contributed by atoms with Gasteiger partial charge in [0.2, 0.25) is 0 Å². The quantitative estimate of drug-likeness (QED) is 0.551. The van der Waals surface area contributed by atoms with Crippen molar-refractivity contribution in [3.8, 4) is 6.07 Å². The van der Waals surface area contributed by atoms with E-state index in [9.17, 15) is 9.59 Å². The highest BCUT2D eigenvalue weighted by Crippen LogP contribution is 2.22. The van der Waals surface area contributed by atoms with Gasteiger partial charge in [-0.1, -0.05) is 37.1 Å². The van der Waals surface area contributed by atoms with Crippen molar-refractivity contribution in [2.24, 2.45) is 0 Å². The number of benzene rings is 1. The number of halogens is 1. The molecule has 3 rings (SSSR count). The molecule has 0 N–H and O–H groups in total. The minimum Gasteiger partial charge on any atom is -0.454 e. The van der Waals surface area contributed by atoms with Crippen LogP contribution in [-0.2, 0) is 24.4 Å². The number of esters is 1. The Bertz CT molecular complexity index is 1160. The van der Waals surface area contributed by atoms with Gasteiger partial charge in [0.05, 0.1) is 22.7 Å². The van der Waals surface area contributed by atoms with Gasteiger partial charge in [0.15, 0.2) is 5.82 Å². The summed E-state index contributed by atoms with van der Waals surface area (Å²) in [5.74, 6) is -0.461. The summed E-state index contributed by atoms with van der Waals surface area (Å²) in [6.45, 7) is 3.88. The molecule has 1 aromatic carbocycles. The molecule has 0 saturated carbocycles. The van der Waals surface area contributed by atoms with Gasteiger partial charge < -0.3 is 4.74 Å². The zero-order valence-electron chi connectivity index (χ0n) is 16.2. The van der Waals surface area contributed by atoms with E-state index in [2.05, 4.69) is 17.0 Å². The lowest BCUT2D eigenvalue weighted by Crippen LogP contribution is -2.26. The highest BCUT2D eigenvalue weighted by atomic mass is 35.5. The maximum absolute atomic E-state index is 12.7.